The molecule has 72 valence electrons. The molecule has 0 atom stereocenters. The van der Waals surface area contributed by atoms with E-state index in [0.29, 0.717) is 0 Å². The normalized spacial score (nSPS) is 11.5. The molecule has 0 heterocycles. The molecule has 0 rings (SSSR count). The molecule has 6 N–H and O–H groups in total. The number of aliphatic hydroxyl groups is 6. The van der Waals surface area contributed by atoms with Gasteiger partial charge in [0.2, 0.25) is 0 Å². The van der Waals surface area contributed by atoms with Gasteiger partial charge in [0.15, 0.2) is 0 Å². The van der Waals surface area contributed by atoms with Crippen molar-refractivity contribution in [3.8, 4) is 0 Å². The highest BCUT2D eigenvalue weighted by atomic mass is 16.7. The predicted molar refractivity (Wildman–Crippen MR) is 37.7 cm³/mol. The zero-order chi connectivity index (χ0) is 9.78. The Kier molecular flexibility index (Phi) is 4.32. The van der Waals surface area contributed by atoms with Gasteiger partial charge in [0.05, 0.1) is 19.8 Å². The second kappa shape index (κ2) is 4.51. The molecule has 12 heavy (non-hydrogen) atoms. The average molecular weight is 180 g/mol. The zero-order valence-electron chi connectivity index (χ0n) is 6.30. The van der Waals surface area contributed by atoms with Crippen LogP contribution in [0.25, 0.3) is 0 Å². The summed E-state index contributed by atoms with van der Waals surface area (Å²) < 4.78 is 0. The summed E-state index contributed by atoms with van der Waals surface area (Å²) in [7, 11) is 0. The van der Waals surface area contributed by atoms with Gasteiger partial charge < -0.3 is 30.6 Å². The minimum atomic E-state index is -3.20. The van der Waals surface area contributed by atoms with Crippen LogP contribution >= 0.6 is 0 Å². The van der Waals surface area contributed by atoms with Gasteiger partial charge in [-0.25, -0.2) is 0 Å². The highest BCUT2D eigenvalue weighted by molar-refractivity contribution is 5.19. The van der Waals surface area contributed by atoms with Crippen molar-refractivity contribution < 1.29 is 30.6 Å². The molecule has 6 heteroatoms. The van der Waals surface area contributed by atoms with Gasteiger partial charge in [-0.2, -0.15) is 0 Å². The fourth-order valence-electron chi connectivity index (χ4n) is 0.696. The number of rotatable bonds is 4. The molecule has 0 aliphatic carbocycles. The largest absolute Gasteiger partial charge is 0.392 e. The molecule has 0 saturated carbocycles. The predicted octanol–water partition coefficient (Wildman–Crippen LogP) is -3.11. The molecule has 0 radical (unpaired) electrons. The molecule has 0 amide bonds. The van der Waals surface area contributed by atoms with Crippen LogP contribution in [0, 0.1) is 0 Å². The topological polar surface area (TPSA) is 121 Å². The zero-order valence-corrected chi connectivity index (χ0v) is 6.30. The van der Waals surface area contributed by atoms with Crippen molar-refractivity contribution in [2.24, 2.45) is 0 Å². The van der Waals surface area contributed by atoms with Gasteiger partial charge in [-0.1, -0.05) is 0 Å². The minimum absolute atomic E-state index is 0.231. The van der Waals surface area contributed by atoms with E-state index in [1.54, 1.807) is 0 Å². The van der Waals surface area contributed by atoms with E-state index < -0.39 is 31.4 Å². The first kappa shape index (κ1) is 11.5. The van der Waals surface area contributed by atoms with E-state index in [4.69, 9.17) is 30.6 Å². The Labute approximate surface area is 68.6 Å². The standard InChI is InChI=1S/C6H12O6/c7-1-4(2-8)5(3-9)6(10,11)12/h7-12H,1-3H2. The molecule has 6 nitrogen and oxygen atoms in total. The van der Waals surface area contributed by atoms with E-state index in [2.05, 4.69) is 0 Å². The first-order chi connectivity index (χ1) is 5.47. The van der Waals surface area contributed by atoms with E-state index >= 15 is 0 Å². The van der Waals surface area contributed by atoms with Crippen molar-refractivity contribution in [1.29, 1.82) is 0 Å². The van der Waals surface area contributed by atoms with E-state index in [9.17, 15) is 0 Å². The fourth-order valence-corrected chi connectivity index (χ4v) is 0.696. The number of hydrogen-bond acceptors (Lipinski definition) is 6. The maximum atomic E-state index is 8.58. The van der Waals surface area contributed by atoms with Gasteiger partial charge in [-0.3, -0.25) is 0 Å². The Morgan fingerprint density at radius 2 is 1.25 bits per heavy atom. The molecule has 0 spiro atoms. The molecule has 0 bridgehead atoms. The lowest BCUT2D eigenvalue weighted by molar-refractivity contribution is -0.285. The maximum absolute atomic E-state index is 8.58. The molecule has 0 aliphatic rings. The van der Waals surface area contributed by atoms with Crippen molar-refractivity contribution in [1.82, 2.24) is 0 Å². The summed E-state index contributed by atoms with van der Waals surface area (Å²) in [5.41, 5.74) is -0.850. The third-order valence-corrected chi connectivity index (χ3v) is 1.37. The molecule has 0 unspecified atom stereocenters. The molecular weight excluding hydrogens is 168 g/mol. The van der Waals surface area contributed by atoms with E-state index in [1.807, 2.05) is 0 Å². The summed E-state index contributed by atoms with van der Waals surface area (Å²) in [5.74, 6) is -3.20. The summed E-state index contributed by atoms with van der Waals surface area (Å²) in [6.45, 7) is -2.20. The summed E-state index contributed by atoms with van der Waals surface area (Å²) in [6.07, 6.45) is 0. The van der Waals surface area contributed by atoms with Crippen LogP contribution < -0.4 is 0 Å². The molecule has 0 aromatic carbocycles. The first-order valence-corrected chi connectivity index (χ1v) is 3.18. The number of aliphatic hydroxyl groups excluding tert-OH is 3. The Hall–Kier alpha value is -0.500. The Morgan fingerprint density at radius 1 is 0.833 bits per heavy atom. The Morgan fingerprint density at radius 3 is 1.33 bits per heavy atom. The van der Waals surface area contributed by atoms with Crippen LogP contribution in [0.2, 0.25) is 0 Å². The second-order valence-corrected chi connectivity index (χ2v) is 2.19. The molecule has 0 aromatic heterocycles. The van der Waals surface area contributed by atoms with Crippen molar-refractivity contribution in [3.05, 3.63) is 11.1 Å². The van der Waals surface area contributed by atoms with Gasteiger partial charge in [0.25, 0.3) is 0 Å². The summed E-state index contributed by atoms with van der Waals surface area (Å²) in [4.78, 5) is 0. The Balaban J connectivity index is 4.82. The number of hydrogen-bond donors (Lipinski definition) is 6. The van der Waals surface area contributed by atoms with Gasteiger partial charge in [-0.05, 0) is 5.57 Å². The van der Waals surface area contributed by atoms with Crippen LogP contribution in [0.4, 0.5) is 0 Å². The van der Waals surface area contributed by atoms with E-state index in [-0.39, 0.29) is 5.57 Å². The molecular formula is C6H12O6. The third kappa shape index (κ3) is 2.86. The van der Waals surface area contributed by atoms with Crippen molar-refractivity contribution >= 4 is 0 Å². The summed E-state index contributed by atoms with van der Waals surface area (Å²) in [5, 5.41) is 51.3. The lowest BCUT2D eigenvalue weighted by atomic mass is 10.1. The van der Waals surface area contributed by atoms with Crippen LogP contribution in [-0.2, 0) is 0 Å². The Bertz CT molecular complexity index is 161. The summed E-state index contributed by atoms with van der Waals surface area (Å²) >= 11 is 0. The molecule has 0 aliphatic heterocycles. The highest BCUT2D eigenvalue weighted by Crippen LogP contribution is 2.13. The molecule has 0 saturated heterocycles. The average Bonchev–Trinajstić information content (AvgIpc) is 1.97. The van der Waals surface area contributed by atoms with Crippen LogP contribution in [0.3, 0.4) is 0 Å². The minimum Gasteiger partial charge on any atom is -0.392 e. The smallest absolute Gasteiger partial charge is 0.302 e. The monoisotopic (exact) mass is 180 g/mol. The quantitative estimate of drug-likeness (QED) is 0.201. The van der Waals surface area contributed by atoms with Gasteiger partial charge in [-0.15, -0.1) is 0 Å². The van der Waals surface area contributed by atoms with Crippen LogP contribution in [0.5, 0.6) is 0 Å². The van der Waals surface area contributed by atoms with Crippen molar-refractivity contribution in [3.63, 3.8) is 0 Å². The first-order valence-electron chi connectivity index (χ1n) is 3.18. The third-order valence-electron chi connectivity index (χ3n) is 1.37. The van der Waals surface area contributed by atoms with E-state index in [0.717, 1.165) is 0 Å². The van der Waals surface area contributed by atoms with Gasteiger partial charge in [0.1, 0.15) is 0 Å². The van der Waals surface area contributed by atoms with Crippen LogP contribution in [0.15, 0.2) is 11.1 Å². The van der Waals surface area contributed by atoms with Crippen LogP contribution in [-0.4, -0.2) is 56.4 Å². The van der Waals surface area contributed by atoms with Crippen molar-refractivity contribution in [2.75, 3.05) is 19.8 Å². The van der Waals surface area contributed by atoms with Gasteiger partial charge in [0, 0.05) is 5.57 Å². The van der Waals surface area contributed by atoms with E-state index in [1.165, 1.54) is 0 Å². The highest BCUT2D eigenvalue weighted by Gasteiger charge is 2.27. The lowest BCUT2D eigenvalue weighted by Crippen LogP contribution is -2.34. The van der Waals surface area contributed by atoms with Crippen LogP contribution in [0.1, 0.15) is 0 Å². The fraction of sp³-hybridized carbons (Fsp3) is 0.667. The van der Waals surface area contributed by atoms with Gasteiger partial charge >= 0.3 is 5.97 Å². The summed E-state index contributed by atoms with van der Waals surface area (Å²) in [6, 6.07) is 0. The lowest BCUT2D eigenvalue weighted by Gasteiger charge is -2.19. The maximum Gasteiger partial charge on any atom is 0.302 e. The van der Waals surface area contributed by atoms with Crippen molar-refractivity contribution in [2.45, 2.75) is 5.97 Å². The molecule has 0 aromatic rings. The SMILES string of the molecule is OCC(CO)=C(CO)C(O)(O)O. The molecule has 0 fully saturated rings. The second-order valence-electron chi connectivity index (χ2n) is 2.19.